The summed E-state index contributed by atoms with van der Waals surface area (Å²) in [7, 11) is 0. The topological polar surface area (TPSA) is 54.9 Å². The van der Waals surface area contributed by atoms with Gasteiger partial charge in [0, 0.05) is 17.7 Å². The lowest BCUT2D eigenvalue weighted by Crippen LogP contribution is -2.10. The van der Waals surface area contributed by atoms with E-state index in [9.17, 15) is 4.79 Å². The molecule has 2 rings (SSSR count). The fraction of sp³-hybridized carbons (Fsp3) is 0.0714. The lowest BCUT2D eigenvalue weighted by molar-refractivity contribution is -0.111. The van der Waals surface area contributed by atoms with Crippen LogP contribution in [-0.2, 0) is 4.79 Å². The Balaban J connectivity index is 2.14. The van der Waals surface area contributed by atoms with E-state index in [0.29, 0.717) is 5.95 Å². The molecule has 18 heavy (non-hydrogen) atoms. The van der Waals surface area contributed by atoms with E-state index >= 15 is 0 Å². The summed E-state index contributed by atoms with van der Waals surface area (Å²) in [5.74, 6) is 0.0622. The number of nitrogens with one attached hydrogen (secondary N) is 1. The van der Waals surface area contributed by atoms with Gasteiger partial charge >= 0.3 is 0 Å². The largest absolute Gasteiger partial charge is 0.291 e. The smallest absolute Gasteiger partial charge is 0.250 e. The van der Waals surface area contributed by atoms with Crippen LogP contribution in [0.25, 0.3) is 10.9 Å². The second-order valence-electron chi connectivity index (χ2n) is 3.63. The molecule has 1 heterocycles. The molecule has 0 fully saturated rings. The Kier molecular flexibility index (Phi) is 3.81. The van der Waals surface area contributed by atoms with Crippen molar-refractivity contribution in [2.45, 2.75) is 6.92 Å². The molecule has 1 amide bonds. The van der Waals surface area contributed by atoms with Gasteiger partial charge in [0.15, 0.2) is 0 Å². The van der Waals surface area contributed by atoms with Gasteiger partial charge in [-0.05, 0) is 13.0 Å². The molecule has 4 nitrogen and oxygen atoms in total. The van der Waals surface area contributed by atoms with Gasteiger partial charge in [-0.3, -0.25) is 10.1 Å². The second kappa shape index (κ2) is 5.72. The monoisotopic (exact) mass is 239 g/mol. The van der Waals surface area contributed by atoms with Crippen molar-refractivity contribution in [1.82, 2.24) is 9.97 Å². The number of benzene rings is 1. The standard InChI is InChI=1S/C14H13N3O/c1-2-3-4-9-13(18)17-14-15-10-11-7-5-6-8-12(11)16-14/h2-10H,1H3,(H,15,16,17,18). The summed E-state index contributed by atoms with van der Waals surface area (Å²) in [6.45, 7) is 1.88. The molecule has 1 aromatic carbocycles. The maximum absolute atomic E-state index is 11.5. The number of rotatable bonds is 3. The van der Waals surface area contributed by atoms with Crippen molar-refractivity contribution >= 4 is 22.8 Å². The lowest BCUT2D eigenvalue weighted by atomic mass is 10.2. The predicted molar refractivity (Wildman–Crippen MR) is 72.1 cm³/mol. The summed E-state index contributed by atoms with van der Waals surface area (Å²) in [5, 5.41) is 3.56. The maximum Gasteiger partial charge on any atom is 0.250 e. The molecule has 0 aliphatic carbocycles. The van der Waals surface area contributed by atoms with Crippen LogP contribution in [0.5, 0.6) is 0 Å². The predicted octanol–water partition coefficient (Wildman–Crippen LogP) is 2.70. The Morgan fingerprint density at radius 2 is 2.11 bits per heavy atom. The van der Waals surface area contributed by atoms with Gasteiger partial charge < -0.3 is 0 Å². The van der Waals surface area contributed by atoms with Crippen molar-refractivity contribution in [3.05, 3.63) is 54.8 Å². The number of nitrogens with zero attached hydrogens (tertiary/aromatic N) is 2. The van der Waals surface area contributed by atoms with E-state index in [1.807, 2.05) is 37.3 Å². The normalized spacial score (nSPS) is 11.4. The summed E-state index contributed by atoms with van der Waals surface area (Å²) < 4.78 is 0. The minimum atomic E-state index is -0.247. The van der Waals surface area contributed by atoms with Crippen LogP contribution in [0.2, 0.25) is 0 Å². The highest BCUT2D eigenvalue weighted by Gasteiger charge is 2.01. The zero-order chi connectivity index (χ0) is 12.8. The number of allylic oxidation sites excluding steroid dienone is 3. The molecule has 0 saturated heterocycles. The van der Waals surface area contributed by atoms with E-state index in [1.54, 1.807) is 18.3 Å². The Hall–Kier alpha value is -2.49. The number of hydrogen-bond acceptors (Lipinski definition) is 3. The van der Waals surface area contributed by atoms with Crippen molar-refractivity contribution < 1.29 is 4.79 Å². The Labute approximate surface area is 105 Å². The van der Waals surface area contributed by atoms with Crippen LogP contribution in [0.3, 0.4) is 0 Å². The number of carbonyl (C=O) groups excluding carboxylic acids is 1. The Bertz CT molecular complexity index is 617. The van der Waals surface area contributed by atoms with Gasteiger partial charge in [-0.25, -0.2) is 9.97 Å². The fourth-order valence-corrected chi connectivity index (χ4v) is 1.44. The quantitative estimate of drug-likeness (QED) is 0.661. The molecule has 2 aromatic rings. The zero-order valence-electron chi connectivity index (χ0n) is 10.00. The number of amides is 1. The van der Waals surface area contributed by atoms with Crippen LogP contribution in [0, 0.1) is 0 Å². The van der Waals surface area contributed by atoms with Crippen molar-refractivity contribution in [3.63, 3.8) is 0 Å². The molecule has 0 aliphatic heterocycles. The van der Waals surface area contributed by atoms with Crippen LogP contribution in [0.1, 0.15) is 6.92 Å². The first-order valence-corrected chi connectivity index (χ1v) is 5.62. The minimum absolute atomic E-state index is 0.247. The minimum Gasteiger partial charge on any atom is -0.291 e. The highest BCUT2D eigenvalue weighted by molar-refractivity contribution is 5.98. The van der Waals surface area contributed by atoms with Gasteiger partial charge in [-0.2, -0.15) is 0 Å². The van der Waals surface area contributed by atoms with Gasteiger partial charge in [0.05, 0.1) is 5.52 Å². The van der Waals surface area contributed by atoms with Crippen molar-refractivity contribution in [1.29, 1.82) is 0 Å². The molecule has 4 heteroatoms. The van der Waals surface area contributed by atoms with Gasteiger partial charge in [0.1, 0.15) is 0 Å². The number of hydrogen-bond donors (Lipinski definition) is 1. The second-order valence-corrected chi connectivity index (χ2v) is 3.63. The molecule has 90 valence electrons. The SMILES string of the molecule is CC=CC=CC(=O)Nc1ncc2ccccc2n1. The maximum atomic E-state index is 11.5. The first-order valence-electron chi connectivity index (χ1n) is 5.62. The zero-order valence-corrected chi connectivity index (χ0v) is 10.00. The van der Waals surface area contributed by atoms with E-state index < -0.39 is 0 Å². The Morgan fingerprint density at radius 3 is 2.94 bits per heavy atom. The van der Waals surface area contributed by atoms with Crippen LogP contribution >= 0.6 is 0 Å². The van der Waals surface area contributed by atoms with Gasteiger partial charge in [-0.15, -0.1) is 0 Å². The van der Waals surface area contributed by atoms with Crippen molar-refractivity contribution in [2.24, 2.45) is 0 Å². The average molecular weight is 239 g/mol. The first kappa shape index (κ1) is 12.0. The molecule has 0 bridgehead atoms. The molecule has 0 unspecified atom stereocenters. The van der Waals surface area contributed by atoms with Gasteiger partial charge in [0.25, 0.3) is 5.91 Å². The highest BCUT2D eigenvalue weighted by Crippen LogP contribution is 2.11. The molecule has 1 N–H and O–H groups in total. The van der Waals surface area contributed by atoms with E-state index in [4.69, 9.17) is 0 Å². The molecule has 0 radical (unpaired) electrons. The molecule has 0 aliphatic rings. The summed E-state index contributed by atoms with van der Waals surface area (Å²) in [4.78, 5) is 19.8. The van der Waals surface area contributed by atoms with Crippen LogP contribution in [0.4, 0.5) is 5.95 Å². The van der Waals surface area contributed by atoms with Crippen molar-refractivity contribution in [2.75, 3.05) is 5.32 Å². The summed E-state index contributed by atoms with van der Waals surface area (Å²) in [6, 6.07) is 7.62. The number of para-hydroxylation sites is 1. The third kappa shape index (κ3) is 3.01. The third-order valence-electron chi connectivity index (χ3n) is 2.28. The van der Waals surface area contributed by atoms with Gasteiger partial charge in [-0.1, -0.05) is 36.4 Å². The lowest BCUT2D eigenvalue weighted by Gasteiger charge is -2.01. The van der Waals surface area contributed by atoms with E-state index in [-0.39, 0.29) is 5.91 Å². The first-order chi connectivity index (χ1) is 8.79. The molecule has 0 saturated carbocycles. The third-order valence-corrected chi connectivity index (χ3v) is 2.28. The van der Waals surface area contributed by atoms with Crippen LogP contribution in [-0.4, -0.2) is 15.9 Å². The molecule has 0 atom stereocenters. The van der Waals surface area contributed by atoms with E-state index in [0.717, 1.165) is 10.9 Å². The Morgan fingerprint density at radius 1 is 1.28 bits per heavy atom. The molecular formula is C14H13N3O. The number of aromatic nitrogens is 2. The number of carbonyl (C=O) groups is 1. The number of fused-ring (bicyclic) bond motifs is 1. The average Bonchev–Trinajstić information content (AvgIpc) is 2.39. The number of anilines is 1. The fourth-order valence-electron chi connectivity index (χ4n) is 1.44. The van der Waals surface area contributed by atoms with E-state index in [1.165, 1.54) is 6.08 Å². The summed E-state index contributed by atoms with van der Waals surface area (Å²) >= 11 is 0. The van der Waals surface area contributed by atoms with Gasteiger partial charge in [0.2, 0.25) is 5.95 Å². The molecule has 0 spiro atoms. The summed E-state index contributed by atoms with van der Waals surface area (Å²) in [5.41, 5.74) is 0.806. The molecular weight excluding hydrogens is 226 g/mol. The molecule has 1 aromatic heterocycles. The van der Waals surface area contributed by atoms with E-state index in [2.05, 4.69) is 15.3 Å². The summed E-state index contributed by atoms with van der Waals surface area (Å²) in [6.07, 6.45) is 8.40. The van der Waals surface area contributed by atoms with Crippen LogP contribution < -0.4 is 5.32 Å². The van der Waals surface area contributed by atoms with Crippen LogP contribution in [0.15, 0.2) is 54.8 Å². The van der Waals surface area contributed by atoms with Crippen molar-refractivity contribution in [3.8, 4) is 0 Å². The highest BCUT2D eigenvalue weighted by atomic mass is 16.1.